The van der Waals surface area contributed by atoms with Gasteiger partial charge in [0.1, 0.15) is 11.4 Å². The smallest absolute Gasteiger partial charge is 0.282 e. The summed E-state index contributed by atoms with van der Waals surface area (Å²) in [5, 5.41) is 0.451. The maximum atomic E-state index is 13.6. The molecule has 1 heterocycles. The van der Waals surface area contributed by atoms with Gasteiger partial charge in [-0.3, -0.25) is 9.59 Å². The van der Waals surface area contributed by atoms with E-state index >= 15 is 0 Å². The lowest BCUT2D eigenvalue weighted by Gasteiger charge is -2.21. The molecule has 3 aromatic rings. The molecule has 0 radical (unpaired) electrons. The lowest BCUT2D eigenvalue weighted by Crippen LogP contribution is -2.34. The molecule has 5 nitrogen and oxygen atoms in total. The molecular weight excluding hydrogens is 424 g/mol. The van der Waals surface area contributed by atoms with E-state index in [1.165, 1.54) is 4.90 Å². The molecule has 0 N–H and O–H groups in total. The number of carbonyl (C=O) groups excluding carboxylic acids is 2. The van der Waals surface area contributed by atoms with Crippen molar-refractivity contribution >= 4 is 40.4 Å². The minimum atomic E-state index is -0.398. The van der Waals surface area contributed by atoms with Crippen LogP contribution in [0.1, 0.15) is 18.9 Å². The molecule has 32 heavy (non-hydrogen) atoms. The van der Waals surface area contributed by atoms with Crippen molar-refractivity contribution in [1.82, 2.24) is 0 Å². The van der Waals surface area contributed by atoms with Crippen molar-refractivity contribution in [3.63, 3.8) is 0 Å². The molecule has 0 spiro atoms. The molecular formula is C26H23ClN2O3. The van der Waals surface area contributed by atoms with E-state index in [0.29, 0.717) is 34.2 Å². The number of imide groups is 1. The van der Waals surface area contributed by atoms with Gasteiger partial charge in [-0.2, -0.15) is 0 Å². The number of hydrogen-bond acceptors (Lipinski definition) is 4. The minimum Gasteiger partial charge on any atom is -0.494 e. The van der Waals surface area contributed by atoms with Crippen LogP contribution in [-0.2, 0) is 9.59 Å². The number of amides is 2. The summed E-state index contributed by atoms with van der Waals surface area (Å²) >= 11 is 6.14. The van der Waals surface area contributed by atoms with Gasteiger partial charge in [-0.05, 0) is 54.4 Å². The van der Waals surface area contributed by atoms with Gasteiger partial charge in [0, 0.05) is 17.8 Å². The summed E-state index contributed by atoms with van der Waals surface area (Å²) < 4.78 is 5.66. The summed E-state index contributed by atoms with van der Waals surface area (Å²) in [5.41, 5.74) is 2.53. The van der Waals surface area contributed by atoms with Crippen LogP contribution in [0.2, 0.25) is 5.02 Å². The second kappa shape index (κ2) is 9.28. The molecule has 4 rings (SSSR count). The molecule has 6 heteroatoms. The van der Waals surface area contributed by atoms with E-state index < -0.39 is 11.8 Å². The number of likely N-dealkylation sites (N-methyl/N-ethyl adjacent to an activating group) is 1. The van der Waals surface area contributed by atoms with Crippen molar-refractivity contribution in [2.45, 2.75) is 13.3 Å². The van der Waals surface area contributed by atoms with Crippen LogP contribution in [0.4, 0.5) is 11.4 Å². The van der Waals surface area contributed by atoms with Gasteiger partial charge in [0.05, 0.1) is 17.9 Å². The van der Waals surface area contributed by atoms with Gasteiger partial charge in [-0.25, -0.2) is 4.90 Å². The highest BCUT2D eigenvalue weighted by atomic mass is 35.5. The summed E-state index contributed by atoms with van der Waals surface area (Å²) in [6, 6.07) is 23.5. The second-order valence-corrected chi connectivity index (χ2v) is 7.85. The zero-order chi connectivity index (χ0) is 22.7. The Morgan fingerprint density at radius 1 is 0.906 bits per heavy atom. The summed E-state index contributed by atoms with van der Waals surface area (Å²) in [5.74, 6) is -0.0696. The van der Waals surface area contributed by atoms with Gasteiger partial charge >= 0.3 is 0 Å². The SMILES string of the molecule is CCCOc1ccc(C2=C(N(C)c3ccccc3)C(=O)N(c3cccc(Cl)c3)C2=O)cc1. The number of halogens is 1. The summed E-state index contributed by atoms with van der Waals surface area (Å²) in [6.07, 6.45) is 0.903. The Bertz CT molecular complexity index is 1170. The molecule has 1 aliphatic rings. The van der Waals surface area contributed by atoms with E-state index in [2.05, 4.69) is 0 Å². The van der Waals surface area contributed by atoms with Crippen molar-refractivity contribution in [3.05, 3.63) is 95.1 Å². The number of para-hydroxylation sites is 1. The van der Waals surface area contributed by atoms with Gasteiger partial charge < -0.3 is 9.64 Å². The summed E-state index contributed by atoms with van der Waals surface area (Å²) in [7, 11) is 1.79. The second-order valence-electron chi connectivity index (χ2n) is 7.42. The van der Waals surface area contributed by atoms with Gasteiger partial charge in [0.2, 0.25) is 0 Å². The highest BCUT2D eigenvalue weighted by Crippen LogP contribution is 2.37. The largest absolute Gasteiger partial charge is 0.494 e. The van der Waals surface area contributed by atoms with Crippen molar-refractivity contribution in [1.29, 1.82) is 0 Å². The van der Waals surface area contributed by atoms with Gasteiger partial charge in [0.25, 0.3) is 11.8 Å². The number of anilines is 2. The van der Waals surface area contributed by atoms with Gasteiger partial charge in [-0.15, -0.1) is 0 Å². The van der Waals surface area contributed by atoms with Crippen molar-refractivity contribution < 1.29 is 14.3 Å². The molecule has 0 aromatic heterocycles. The normalized spacial score (nSPS) is 13.7. The quantitative estimate of drug-likeness (QED) is 0.446. The van der Waals surface area contributed by atoms with E-state index in [1.807, 2.05) is 61.5 Å². The zero-order valence-electron chi connectivity index (χ0n) is 17.9. The fraction of sp³-hybridized carbons (Fsp3) is 0.154. The fourth-order valence-corrected chi connectivity index (χ4v) is 3.84. The molecule has 0 saturated carbocycles. The first kappa shape index (κ1) is 21.7. The van der Waals surface area contributed by atoms with Crippen LogP contribution >= 0.6 is 11.6 Å². The number of nitrogens with zero attached hydrogens (tertiary/aromatic N) is 2. The Labute approximate surface area is 192 Å². The topological polar surface area (TPSA) is 49.9 Å². The van der Waals surface area contributed by atoms with Crippen LogP contribution in [0.5, 0.6) is 5.75 Å². The molecule has 0 saturated heterocycles. The first-order chi connectivity index (χ1) is 15.5. The fourth-order valence-electron chi connectivity index (χ4n) is 3.66. The lowest BCUT2D eigenvalue weighted by atomic mass is 10.0. The third kappa shape index (κ3) is 4.12. The van der Waals surface area contributed by atoms with E-state index in [1.54, 1.807) is 36.2 Å². The van der Waals surface area contributed by atoms with Gasteiger partial charge in [0.15, 0.2) is 0 Å². The van der Waals surface area contributed by atoms with Crippen molar-refractivity contribution in [2.24, 2.45) is 0 Å². The number of carbonyl (C=O) groups is 2. The van der Waals surface area contributed by atoms with Crippen LogP contribution < -0.4 is 14.5 Å². The Hall–Kier alpha value is -3.57. The van der Waals surface area contributed by atoms with Crippen LogP contribution in [0, 0.1) is 0 Å². The van der Waals surface area contributed by atoms with E-state index in [0.717, 1.165) is 17.9 Å². The molecule has 0 bridgehead atoms. The molecule has 2 amide bonds. The number of ether oxygens (including phenoxy) is 1. The average Bonchev–Trinajstić information content (AvgIpc) is 3.08. The van der Waals surface area contributed by atoms with Crippen molar-refractivity contribution in [3.8, 4) is 5.75 Å². The van der Waals surface area contributed by atoms with E-state index in [-0.39, 0.29) is 0 Å². The molecule has 1 aliphatic heterocycles. The van der Waals surface area contributed by atoms with Gasteiger partial charge in [-0.1, -0.05) is 54.9 Å². The maximum absolute atomic E-state index is 13.6. The molecule has 0 unspecified atom stereocenters. The van der Waals surface area contributed by atoms with E-state index in [4.69, 9.17) is 16.3 Å². The summed E-state index contributed by atoms with van der Waals surface area (Å²) in [4.78, 5) is 30.1. The highest BCUT2D eigenvalue weighted by Gasteiger charge is 2.42. The Balaban J connectivity index is 1.81. The predicted molar refractivity (Wildman–Crippen MR) is 128 cm³/mol. The Morgan fingerprint density at radius 2 is 1.62 bits per heavy atom. The lowest BCUT2D eigenvalue weighted by molar-refractivity contribution is -0.120. The van der Waals surface area contributed by atoms with Crippen molar-refractivity contribution in [2.75, 3.05) is 23.5 Å². The first-order valence-corrected chi connectivity index (χ1v) is 10.8. The first-order valence-electron chi connectivity index (χ1n) is 10.4. The maximum Gasteiger partial charge on any atom is 0.282 e. The zero-order valence-corrected chi connectivity index (χ0v) is 18.7. The molecule has 0 fully saturated rings. The Morgan fingerprint density at radius 3 is 2.28 bits per heavy atom. The molecule has 0 atom stereocenters. The highest BCUT2D eigenvalue weighted by molar-refractivity contribution is 6.46. The molecule has 162 valence electrons. The number of hydrogen-bond donors (Lipinski definition) is 0. The predicted octanol–water partition coefficient (Wildman–Crippen LogP) is 5.55. The van der Waals surface area contributed by atoms with E-state index in [9.17, 15) is 9.59 Å². The molecule has 3 aromatic carbocycles. The average molecular weight is 447 g/mol. The number of benzene rings is 3. The van der Waals surface area contributed by atoms with Crippen LogP contribution in [0.15, 0.2) is 84.6 Å². The van der Waals surface area contributed by atoms with Crippen LogP contribution in [-0.4, -0.2) is 25.5 Å². The van der Waals surface area contributed by atoms with Crippen LogP contribution in [0.25, 0.3) is 5.57 Å². The standard InChI is InChI=1S/C26H23ClN2O3/c1-3-16-32-22-14-12-18(13-15-22)23-24(28(2)20-9-5-4-6-10-20)26(31)29(25(23)30)21-11-7-8-19(27)17-21/h4-15,17H,3,16H2,1-2H3. The monoisotopic (exact) mass is 446 g/mol. The number of rotatable bonds is 7. The third-order valence-electron chi connectivity index (χ3n) is 5.22. The third-order valence-corrected chi connectivity index (χ3v) is 5.46. The summed E-state index contributed by atoms with van der Waals surface area (Å²) in [6.45, 7) is 2.65. The van der Waals surface area contributed by atoms with Crippen LogP contribution in [0.3, 0.4) is 0 Å². The minimum absolute atomic E-state index is 0.309. The Kier molecular flexibility index (Phi) is 6.28. The molecule has 0 aliphatic carbocycles.